The van der Waals surface area contributed by atoms with E-state index in [1.807, 2.05) is 4.90 Å². The summed E-state index contributed by atoms with van der Waals surface area (Å²) in [5, 5.41) is 5.34. The molecular weight excluding hydrogens is 336 g/mol. The van der Waals surface area contributed by atoms with Crippen molar-refractivity contribution in [1.82, 2.24) is 14.8 Å². The van der Waals surface area contributed by atoms with Crippen LogP contribution in [0.2, 0.25) is 0 Å². The SMILES string of the molecule is CNc1nc(C(=O)N2CCN(Cc3cc(C)cc(C)c3)C(=O)C2)cs1. The van der Waals surface area contributed by atoms with Crippen LogP contribution in [0.4, 0.5) is 5.13 Å². The highest BCUT2D eigenvalue weighted by atomic mass is 32.1. The minimum absolute atomic E-state index is 0.0252. The molecule has 1 saturated heterocycles. The lowest BCUT2D eigenvalue weighted by Gasteiger charge is -2.34. The Balaban J connectivity index is 1.64. The molecule has 0 atom stereocenters. The molecule has 0 radical (unpaired) electrons. The first-order valence-electron chi connectivity index (χ1n) is 8.24. The second-order valence-electron chi connectivity index (χ2n) is 6.33. The first-order chi connectivity index (χ1) is 12.0. The Hall–Kier alpha value is -2.41. The number of thiazole rings is 1. The molecule has 7 heteroatoms. The maximum Gasteiger partial charge on any atom is 0.273 e. The van der Waals surface area contributed by atoms with E-state index >= 15 is 0 Å². The van der Waals surface area contributed by atoms with Crippen LogP contribution in [0.1, 0.15) is 27.2 Å². The van der Waals surface area contributed by atoms with Crippen LogP contribution in [-0.2, 0) is 11.3 Å². The van der Waals surface area contributed by atoms with Crippen molar-refractivity contribution in [2.75, 3.05) is 32.0 Å². The van der Waals surface area contributed by atoms with Crippen molar-refractivity contribution < 1.29 is 9.59 Å². The van der Waals surface area contributed by atoms with Gasteiger partial charge in [0, 0.05) is 32.1 Å². The van der Waals surface area contributed by atoms with Crippen LogP contribution in [0.5, 0.6) is 0 Å². The zero-order chi connectivity index (χ0) is 18.0. The number of carbonyl (C=O) groups excluding carboxylic acids is 2. The number of benzene rings is 1. The molecule has 1 aromatic heterocycles. The van der Waals surface area contributed by atoms with Crippen molar-refractivity contribution in [1.29, 1.82) is 0 Å². The lowest BCUT2D eigenvalue weighted by atomic mass is 10.1. The third-order valence-corrected chi connectivity index (χ3v) is 5.06. The minimum atomic E-state index is -0.183. The smallest absolute Gasteiger partial charge is 0.273 e. The van der Waals surface area contributed by atoms with Crippen LogP contribution in [0.25, 0.3) is 0 Å². The fourth-order valence-electron chi connectivity index (χ4n) is 3.08. The highest BCUT2D eigenvalue weighted by molar-refractivity contribution is 7.13. The van der Waals surface area contributed by atoms with Crippen LogP contribution >= 0.6 is 11.3 Å². The zero-order valence-corrected chi connectivity index (χ0v) is 15.5. The van der Waals surface area contributed by atoms with Crippen LogP contribution < -0.4 is 5.32 Å². The molecule has 0 unspecified atom stereocenters. The number of piperazine rings is 1. The van der Waals surface area contributed by atoms with Gasteiger partial charge in [-0.2, -0.15) is 0 Å². The average molecular weight is 358 g/mol. The number of nitrogens with zero attached hydrogens (tertiary/aromatic N) is 3. The van der Waals surface area contributed by atoms with Gasteiger partial charge in [-0.15, -0.1) is 11.3 Å². The number of rotatable bonds is 4. The monoisotopic (exact) mass is 358 g/mol. The van der Waals surface area contributed by atoms with Gasteiger partial charge in [-0.05, 0) is 19.4 Å². The zero-order valence-electron chi connectivity index (χ0n) is 14.7. The van der Waals surface area contributed by atoms with E-state index in [0.717, 1.165) is 5.56 Å². The highest BCUT2D eigenvalue weighted by Crippen LogP contribution is 2.18. The lowest BCUT2D eigenvalue weighted by molar-refractivity contribution is -0.135. The lowest BCUT2D eigenvalue weighted by Crippen LogP contribution is -2.51. The molecule has 1 aromatic carbocycles. The Morgan fingerprint density at radius 1 is 1.24 bits per heavy atom. The molecule has 0 spiro atoms. The predicted molar refractivity (Wildman–Crippen MR) is 98.9 cm³/mol. The first kappa shape index (κ1) is 17.4. The minimum Gasteiger partial charge on any atom is -0.365 e. The van der Waals surface area contributed by atoms with E-state index in [1.54, 1.807) is 17.3 Å². The maximum absolute atomic E-state index is 12.5. The molecule has 2 aromatic rings. The van der Waals surface area contributed by atoms with Crippen molar-refractivity contribution in [2.24, 2.45) is 0 Å². The van der Waals surface area contributed by atoms with Gasteiger partial charge in [0.05, 0.1) is 0 Å². The standard InChI is InChI=1S/C18H22N4O2S/c1-12-6-13(2)8-14(7-12)9-21-4-5-22(10-16(21)23)17(24)15-11-25-18(19-3)20-15/h6-8,11H,4-5,9-10H2,1-3H3,(H,19,20). The van der Waals surface area contributed by atoms with Gasteiger partial charge in [0.2, 0.25) is 5.91 Å². The molecule has 3 rings (SSSR count). The number of aryl methyl sites for hydroxylation is 2. The van der Waals surface area contributed by atoms with Gasteiger partial charge in [-0.25, -0.2) is 4.98 Å². The Morgan fingerprint density at radius 3 is 2.56 bits per heavy atom. The van der Waals surface area contributed by atoms with Gasteiger partial charge >= 0.3 is 0 Å². The van der Waals surface area contributed by atoms with Gasteiger partial charge in [0.1, 0.15) is 12.2 Å². The Labute approximate surface area is 151 Å². The van der Waals surface area contributed by atoms with Crippen molar-refractivity contribution >= 4 is 28.3 Å². The summed E-state index contributed by atoms with van der Waals surface area (Å²) < 4.78 is 0. The average Bonchev–Trinajstić information content (AvgIpc) is 3.04. The van der Waals surface area contributed by atoms with Crippen molar-refractivity contribution in [3.05, 3.63) is 46.0 Å². The molecule has 1 aliphatic heterocycles. The maximum atomic E-state index is 12.5. The molecule has 2 amide bonds. The quantitative estimate of drug-likeness (QED) is 0.911. The number of hydrogen-bond donors (Lipinski definition) is 1. The van der Waals surface area contributed by atoms with E-state index in [4.69, 9.17) is 0 Å². The molecule has 132 valence electrons. The van der Waals surface area contributed by atoms with E-state index in [0.29, 0.717) is 30.5 Å². The summed E-state index contributed by atoms with van der Waals surface area (Å²) in [6, 6.07) is 6.33. The summed E-state index contributed by atoms with van der Waals surface area (Å²) in [4.78, 5) is 32.6. The largest absolute Gasteiger partial charge is 0.365 e. The number of anilines is 1. The summed E-state index contributed by atoms with van der Waals surface area (Å²) in [5.74, 6) is -0.208. The van der Waals surface area contributed by atoms with Gasteiger partial charge < -0.3 is 15.1 Å². The van der Waals surface area contributed by atoms with Crippen LogP contribution in [0.15, 0.2) is 23.6 Å². The number of amides is 2. The van der Waals surface area contributed by atoms with Gasteiger partial charge in [0.15, 0.2) is 5.13 Å². The van der Waals surface area contributed by atoms with E-state index in [9.17, 15) is 9.59 Å². The topological polar surface area (TPSA) is 65.5 Å². The summed E-state index contributed by atoms with van der Waals surface area (Å²) >= 11 is 1.38. The fourth-order valence-corrected chi connectivity index (χ4v) is 3.72. The number of nitrogens with one attached hydrogen (secondary N) is 1. The Kier molecular flexibility index (Phi) is 5.03. The summed E-state index contributed by atoms with van der Waals surface area (Å²) in [6.07, 6.45) is 0. The third kappa shape index (κ3) is 3.99. The molecule has 1 fully saturated rings. The molecule has 0 aliphatic carbocycles. The number of carbonyl (C=O) groups is 2. The number of hydrogen-bond acceptors (Lipinski definition) is 5. The third-order valence-electron chi connectivity index (χ3n) is 4.20. The van der Waals surface area contributed by atoms with Crippen LogP contribution in [-0.4, -0.2) is 53.3 Å². The second kappa shape index (κ2) is 7.23. The molecule has 6 nitrogen and oxygen atoms in total. The van der Waals surface area contributed by atoms with Gasteiger partial charge in [-0.3, -0.25) is 9.59 Å². The van der Waals surface area contributed by atoms with Crippen molar-refractivity contribution in [3.63, 3.8) is 0 Å². The van der Waals surface area contributed by atoms with E-state index in [1.165, 1.54) is 22.5 Å². The molecule has 0 bridgehead atoms. The van der Waals surface area contributed by atoms with E-state index in [2.05, 4.69) is 42.3 Å². The molecule has 2 heterocycles. The van der Waals surface area contributed by atoms with E-state index in [-0.39, 0.29) is 18.4 Å². The predicted octanol–water partition coefficient (Wildman–Crippen LogP) is 2.29. The second-order valence-corrected chi connectivity index (χ2v) is 7.18. The molecule has 25 heavy (non-hydrogen) atoms. The molecule has 1 N–H and O–H groups in total. The number of aromatic nitrogens is 1. The van der Waals surface area contributed by atoms with Crippen molar-refractivity contribution in [3.8, 4) is 0 Å². The van der Waals surface area contributed by atoms with Gasteiger partial charge in [0.25, 0.3) is 5.91 Å². The molecule has 1 aliphatic rings. The first-order valence-corrected chi connectivity index (χ1v) is 9.11. The summed E-state index contributed by atoms with van der Waals surface area (Å²) in [7, 11) is 1.77. The normalized spacial score (nSPS) is 14.8. The van der Waals surface area contributed by atoms with Crippen LogP contribution in [0, 0.1) is 13.8 Å². The summed E-state index contributed by atoms with van der Waals surface area (Å²) in [6.45, 7) is 5.88. The Bertz CT molecular complexity index is 782. The highest BCUT2D eigenvalue weighted by Gasteiger charge is 2.28. The summed E-state index contributed by atoms with van der Waals surface area (Å²) in [5.41, 5.74) is 3.91. The Morgan fingerprint density at radius 2 is 1.96 bits per heavy atom. The van der Waals surface area contributed by atoms with Crippen LogP contribution in [0.3, 0.4) is 0 Å². The molecular formula is C18H22N4O2S. The fraction of sp³-hybridized carbons (Fsp3) is 0.389. The van der Waals surface area contributed by atoms with E-state index < -0.39 is 0 Å². The van der Waals surface area contributed by atoms with Crippen molar-refractivity contribution in [2.45, 2.75) is 20.4 Å². The molecule has 0 saturated carbocycles. The van der Waals surface area contributed by atoms with Gasteiger partial charge in [-0.1, -0.05) is 29.3 Å².